The predicted molar refractivity (Wildman–Crippen MR) is 84.2 cm³/mol. The Morgan fingerprint density at radius 1 is 1.12 bits per heavy atom. The summed E-state index contributed by atoms with van der Waals surface area (Å²) >= 11 is 0. The summed E-state index contributed by atoms with van der Waals surface area (Å²) in [6.45, 7) is -0.915. The minimum Gasteiger partial charge on any atom is -0.504 e. The van der Waals surface area contributed by atoms with Gasteiger partial charge in [-0.25, -0.2) is 0 Å². The average molecular weight is 360 g/mol. The molecule has 9 heteroatoms. The van der Waals surface area contributed by atoms with E-state index in [1.54, 1.807) is 12.1 Å². The van der Waals surface area contributed by atoms with Crippen LogP contribution in [0, 0.1) is 0 Å². The van der Waals surface area contributed by atoms with E-state index >= 15 is 0 Å². The number of hydrogen-bond donors (Lipinski definition) is 6. The predicted octanol–water partition coefficient (Wildman–Crippen LogP) is -1.71. The second kappa shape index (κ2) is 8.77. The first-order valence-electron chi connectivity index (χ1n) is 7.82. The van der Waals surface area contributed by atoms with Gasteiger partial charge < -0.3 is 44.8 Å². The van der Waals surface area contributed by atoms with Crippen LogP contribution in [0.2, 0.25) is 0 Å². The summed E-state index contributed by atoms with van der Waals surface area (Å²) in [5.41, 5.74) is 0.627. The number of rotatable bonds is 7. The van der Waals surface area contributed by atoms with Gasteiger partial charge in [-0.3, -0.25) is 0 Å². The SMILES string of the molecule is COc1cc([C@H](CO)CO[C@H]2O[C@H](CO)[C@@H](O)[C@H](O)[C@H]2O)ccc1O. The Morgan fingerprint density at radius 2 is 1.84 bits per heavy atom. The largest absolute Gasteiger partial charge is 0.504 e. The van der Waals surface area contributed by atoms with Crippen LogP contribution in [0.4, 0.5) is 0 Å². The van der Waals surface area contributed by atoms with Crippen molar-refractivity contribution < 1.29 is 44.8 Å². The zero-order valence-corrected chi connectivity index (χ0v) is 13.7. The van der Waals surface area contributed by atoms with Crippen LogP contribution in [-0.4, -0.2) is 88.3 Å². The van der Waals surface area contributed by atoms with E-state index in [0.29, 0.717) is 5.56 Å². The Hall–Kier alpha value is -1.46. The van der Waals surface area contributed by atoms with Crippen LogP contribution >= 0.6 is 0 Å². The van der Waals surface area contributed by atoms with Gasteiger partial charge in [0.2, 0.25) is 0 Å². The zero-order valence-electron chi connectivity index (χ0n) is 13.7. The van der Waals surface area contributed by atoms with Crippen molar-refractivity contribution in [1.29, 1.82) is 0 Å². The molecule has 6 N–H and O–H groups in total. The van der Waals surface area contributed by atoms with Crippen LogP contribution in [0.1, 0.15) is 11.5 Å². The molecule has 0 saturated carbocycles. The van der Waals surface area contributed by atoms with Crippen LogP contribution in [0.3, 0.4) is 0 Å². The van der Waals surface area contributed by atoms with Crippen molar-refractivity contribution >= 4 is 0 Å². The summed E-state index contributed by atoms with van der Waals surface area (Å²) in [7, 11) is 1.40. The highest BCUT2D eigenvalue weighted by Crippen LogP contribution is 2.30. The van der Waals surface area contributed by atoms with Gasteiger partial charge in [0.05, 0.1) is 26.9 Å². The molecule has 25 heavy (non-hydrogen) atoms. The molecule has 142 valence electrons. The minimum atomic E-state index is -1.53. The van der Waals surface area contributed by atoms with Crippen molar-refractivity contribution in [3.05, 3.63) is 23.8 Å². The van der Waals surface area contributed by atoms with Gasteiger partial charge in [0.25, 0.3) is 0 Å². The molecule has 1 aliphatic rings. The summed E-state index contributed by atoms with van der Waals surface area (Å²) < 4.78 is 15.7. The van der Waals surface area contributed by atoms with E-state index < -0.39 is 43.2 Å². The molecule has 0 spiro atoms. The Kier molecular flexibility index (Phi) is 6.96. The summed E-state index contributed by atoms with van der Waals surface area (Å²) in [6.07, 6.45) is -6.84. The first kappa shape index (κ1) is 19.9. The molecular formula is C16H24O9. The van der Waals surface area contributed by atoms with E-state index in [-0.39, 0.29) is 24.7 Å². The quantitative estimate of drug-likeness (QED) is 0.334. The number of aliphatic hydroxyl groups is 5. The van der Waals surface area contributed by atoms with Crippen molar-refractivity contribution in [3.8, 4) is 11.5 Å². The molecule has 0 radical (unpaired) electrons. The van der Waals surface area contributed by atoms with Gasteiger partial charge in [0, 0.05) is 5.92 Å². The average Bonchev–Trinajstić information content (AvgIpc) is 2.63. The number of phenolic OH excluding ortho intramolecular Hbond substituents is 1. The van der Waals surface area contributed by atoms with Gasteiger partial charge >= 0.3 is 0 Å². The van der Waals surface area contributed by atoms with E-state index in [1.165, 1.54) is 13.2 Å². The molecule has 1 aromatic carbocycles. The van der Waals surface area contributed by atoms with Crippen LogP contribution in [0.25, 0.3) is 0 Å². The van der Waals surface area contributed by atoms with Gasteiger partial charge in [-0.15, -0.1) is 0 Å². The van der Waals surface area contributed by atoms with E-state index in [2.05, 4.69) is 0 Å². The number of benzene rings is 1. The topological polar surface area (TPSA) is 149 Å². The van der Waals surface area contributed by atoms with Gasteiger partial charge in [0.1, 0.15) is 24.4 Å². The highest BCUT2D eigenvalue weighted by atomic mass is 16.7. The lowest BCUT2D eigenvalue weighted by Crippen LogP contribution is -2.59. The first-order valence-corrected chi connectivity index (χ1v) is 7.82. The monoisotopic (exact) mass is 360 g/mol. The third-order valence-corrected chi connectivity index (χ3v) is 4.21. The minimum absolute atomic E-state index is 0.0437. The maximum Gasteiger partial charge on any atom is 0.186 e. The summed E-state index contributed by atoms with van der Waals surface area (Å²) in [6, 6.07) is 4.56. The van der Waals surface area contributed by atoms with Crippen molar-refractivity contribution in [1.82, 2.24) is 0 Å². The van der Waals surface area contributed by atoms with E-state index in [9.17, 15) is 25.5 Å². The summed E-state index contributed by atoms with van der Waals surface area (Å²) in [4.78, 5) is 0. The Morgan fingerprint density at radius 3 is 2.44 bits per heavy atom. The highest BCUT2D eigenvalue weighted by Gasteiger charge is 2.44. The van der Waals surface area contributed by atoms with Gasteiger partial charge in [0.15, 0.2) is 17.8 Å². The molecule has 0 bridgehead atoms. The van der Waals surface area contributed by atoms with Crippen molar-refractivity contribution in [2.75, 3.05) is 26.9 Å². The Balaban J connectivity index is 2.04. The molecule has 0 aliphatic carbocycles. The standard InChI is InChI=1S/C16H24O9/c1-23-11-4-8(2-3-10(11)19)9(5-17)7-24-16-15(22)14(21)13(20)12(6-18)25-16/h2-4,9,12-22H,5-7H2,1H3/t9-,12-,13-,14+,15-,16+/m1/s1. The maximum absolute atomic E-state index is 9.94. The smallest absolute Gasteiger partial charge is 0.186 e. The van der Waals surface area contributed by atoms with Crippen LogP contribution in [0.15, 0.2) is 18.2 Å². The molecule has 1 heterocycles. The van der Waals surface area contributed by atoms with Crippen LogP contribution < -0.4 is 4.74 Å². The second-order valence-electron chi connectivity index (χ2n) is 5.84. The number of methoxy groups -OCH3 is 1. The molecule has 1 aromatic rings. The zero-order chi connectivity index (χ0) is 18.6. The van der Waals surface area contributed by atoms with Crippen molar-refractivity contribution in [2.24, 2.45) is 0 Å². The fourth-order valence-electron chi connectivity index (χ4n) is 2.62. The Labute approximate surface area is 144 Å². The lowest BCUT2D eigenvalue weighted by atomic mass is 9.98. The number of hydrogen-bond acceptors (Lipinski definition) is 9. The first-order chi connectivity index (χ1) is 11.9. The molecular weight excluding hydrogens is 336 g/mol. The molecule has 9 nitrogen and oxygen atoms in total. The fraction of sp³-hybridized carbons (Fsp3) is 0.625. The molecule has 1 saturated heterocycles. The maximum atomic E-state index is 9.94. The molecule has 2 rings (SSSR count). The molecule has 0 unspecified atom stereocenters. The lowest BCUT2D eigenvalue weighted by molar-refractivity contribution is -0.302. The number of ether oxygens (including phenoxy) is 3. The summed E-state index contributed by atoms with van der Waals surface area (Å²) in [5, 5.41) is 57.8. The van der Waals surface area contributed by atoms with Gasteiger partial charge in [-0.1, -0.05) is 6.07 Å². The van der Waals surface area contributed by atoms with Gasteiger partial charge in [-0.2, -0.15) is 0 Å². The third-order valence-electron chi connectivity index (χ3n) is 4.21. The van der Waals surface area contributed by atoms with Crippen LogP contribution in [0.5, 0.6) is 11.5 Å². The third kappa shape index (κ3) is 4.39. The van der Waals surface area contributed by atoms with E-state index in [4.69, 9.17) is 19.3 Å². The molecule has 1 fully saturated rings. The number of aromatic hydroxyl groups is 1. The summed E-state index contributed by atoms with van der Waals surface area (Å²) in [5.74, 6) is -0.316. The van der Waals surface area contributed by atoms with Crippen molar-refractivity contribution in [3.63, 3.8) is 0 Å². The van der Waals surface area contributed by atoms with Crippen LogP contribution in [-0.2, 0) is 9.47 Å². The second-order valence-corrected chi connectivity index (χ2v) is 5.84. The number of aliphatic hydroxyl groups excluding tert-OH is 5. The highest BCUT2D eigenvalue weighted by molar-refractivity contribution is 5.42. The van der Waals surface area contributed by atoms with Crippen molar-refractivity contribution in [2.45, 2.75) is 36.6 Å². The van der Waals surface area contributed by atoms with Gasteiger partial charge in [-0.05, 0) is 17.7 Å². The Bertz CT molecular complexity index is 550. The molecule has 0 amide bonds. The number of phenols is 1. The molecule has 0 aromatic heterocycles. The molecule has 6 atom stereocenters. The normalized spacial score (nSPS) is 30.9. The lowest BCUT2D eigenvalue weighted by Gasteiger charge is -2.40. The van der Waals surface area contributed by atoms with E-state index in [1.807, 2.05) is 0 Å². The molecule has 1 aliphatic heterocycles. The fourth-order valence-corrected chi connectivity index (χ4v) is 2.62. The van der Waals surface area contributed by atoms with E-state index in [0.717, 1.165) is 0 Å².